The first-order valence-electron chi connectivity index (χ1n) is 18.8. The van der Waals surface area contributed by atoms with Gasteiger partial charge in [0.25, 0.3) is 0 Å². The van der Waals surface area contributed by atoms with Crippen molar-refractivity contribution in [3.05, 3.63) is 187 Å². The number of rotatable bonds is 7. The van der Waals surface area contributed by atoms with Gasteiger partial charge in [-0.1, -0.05) is 141 Å². The Morgan fingerprint density at radius 3 is 1.75 bits per heavy atom. The molecule has 0 spiro atoms. The molecule has 0 bridgehead atoms. The summed E-state index contributed by atoms with van der Waals surface area (Å²) in [6, 6.07) is 64.1. The van der Waals surface area contributed by atoms with Crippen LogP contribution in [0.3, 0.4) is 0 Å². The lowest BCUT2D eigenvalue weighted by atomic mass is 9.74. The van der Waals surface area contributed by atoms with E-state index >= 15 is 0 Å². The summed E-state index contributed by atoms with van der Waals surface area (Å²) in [7, 11) is 0. The molecule has 9 aromatic rings. The van der Waals surface area contributed by atoms with E-state index in [0.29, 0.717) is 0 Å². The molecule has 0 saturated heterocycles. The van der Waals surface area contributed by atoms with Gasteiger partial charge in [-0.3, -0.25) is 0 Å². The van der Waals surface area contributed by atoms with Crippen LogP contribution >= 0.6 is 0 Å². The van der Waals surface area contributed by atoms with Gasteiger partial charge in [-0.05, 0) is 111 Å². The van der Waals surface area contributed by atoms with E-state index in [1.54, 1.807) is 0 Å². The molecule has 1 aliphatic rings. The van der Waals surface area contributed by atoms with Crippen molar-refractivity contribution in [2.24, 2.45) is 0 Å². The lowest BCUT2D eigenvalue weighted by Gasteiger charge is -2.31. The summed E-state index contributed by atoms with van der Waals surface area (Å²) in [6.45, 7) is 4.68. The van der Waals surface area contributed by atoms with Crippen molar-refractivity contribution < 1.29 is 4.42 Å². The van der Waals surface area contributed by atoms with E-state index in [9.17, 15) is 0 Å². The van der Waals surface area contributed by atoms with Crippen LogP contribution in [-0.4, -0.2) is 0 Å². The number of benzene rings is 8. The largest absolute Gasteiger partial charge is 0.455 e. The third-order valence-corrected chi connectivity index (χ3v) is 11.8. The van der Waals surface area contributed by atoms with Gasteiger partial charge >= 0.3 is 0 Å². The molecule has 0 fully saturated rings. The Hall–Kier alpha value is -6.38. The molecular formula is C51H39NO. The molecule has 1 aliphatic carbocycles. The van der Waals surface area contributed by atoms with Gasteiger partial charge in [0, 0.05) is 38.6 Å². The molecule has 0 saturated carbocycles. The highest BCUT2D eigenvalue weighted by Crippen LogP contribution is 2.54. The second-order valence-corrected chi connectivity index (χ2v) is 14.3. The van der Waals surface area contributed by atoms with E-state index in [1.807, 2.05) is 6.07 Å². The second-order valence-electron chi connectivity index (χ2n) is 14.3. The van der Waals surface area contributed by atoms with Crippen molar-refractivity contribution >= 4 is 49.8 Å². The Balaban J connectivity index is 1.10. The van der Waals surface area contributed by atoms with Crippen LogP contribution in [0.25, 0.3) is 66.1 Å². The Morgan fingerprint density at radius 2 is 0.981 bits per heavy atom. The average Bonchev–Trinajstić information content (AvgIpc) is 3.75. The van der Waals surface area contributed by atoms with Crippen LogP contribution < -0.4 is 4.90 Å². The number of para-hydroxylation sites is 1. The van der Waals surface area contributed by atoms with Crippen LogP contribution in [0.5, 0.6) is 0 Å². The zero-order valence-electron chi connectivity index (χ0n) is 30.0. The molecule has 0 unspecified atom stereocenters. The summed E-state index contributed by atoms with van der Waals surface area (Å²) in [4.78, 5) is 2.42. The van der Waals surface area contributed by atoms with Crippen molar-refractivity contribution in [3.8, 4) is 33.4 Å². The molecule has 0 atom stereocenters. The average molecular weight is 682 g/mol. The summed E-state index contributed by atoms with van der Waals surface area (Å²) in [5.41, 5.74) is 15.7. The predicted octanol–water partition coefficient (Wildman–Crippen LogP) is 14.6. The number of anilines is 3. The quantitative estimate of drug-likeness (QED) is 0.166. The van der Waals surface area contributed by atoms with E-state index in [1.165, 1.54) is 55.6 Å². The van der Waals surface area contributed by atoms with Crippen LogP contribution in [-0.2, 0) is 5.41 Å². The zero-order valence-corrected chi connectivity index (χ0v) is 30.0. The summed E-state index contributed by atoms with van der Waals surface area (Å²) in [5, 5.41) is 4.63. The van der Waals surface area contributed by atoms with Gasteiger partial charge < -0.3 is 9.32 Å². The fraction of sp³-hybridized carbons (Fsp3) is 0.0980. The fourth-order valence-electron chi connectivity index (χ4n) is 9.06. The molecule has 0 N–H and O–H groups in total. The Kier molecular flexibility index (Phi) is 7.33. The molecule has 254 valence electrons. The van der Waals surface area contributed by atoms with Crippen molar-refractivity contribution in [2.45, 2.75) is 32.1 Å². The molecule has 8 aromatic carbocycles. The monoisotopic (exact) mass is 681 g/mol. The molecule has 0 aliphatic heterocycles. The number of hydrogen-bond acceptors (Lipinski definition) is 2. The molecule has 2 nitrogen and oxygen atoms in total. The standard InChI is InChI=1S/C51H39NO/c1-3-51(4-2)47-19-10-8-15-42(47)43-30-29-39(33-48(43)51)52(37-25-21-35(22-26-37)34-13-6-5-7-14-34)38-27-23-36(24-28-38)40-17-12-18-45-41(40)31-32-46-44-16-9-11-20-49(44)53-50(45)46/h5-33H,3-4H2,1-2H3. The number of fused-ring (bicyclic) bond motifs is 8. The summed E-state index contributed by atoms with van der Waals surface area (Å²) < 4.78 is 6.42. The summed E-state index contributed by atoms with van der Waals surface area (Å²) in [5.74, 6) is 0. The molecule has 1 heterocycles. The first-order valence-corrected chi connectivity index (χ1v) is 18.8. The third kappa shape index (κ3) is 4.86. The normalized spacial score (nSPS) is 13.0. The van der Waals surface area contributed by atoms with E-state index in [-0.39, 0.29) is 5.41 Å². The SMILES string of the molecule is CCC1(CC)c2ccccc2-c2ccc(N(c3ccc(-c4ccccc4)cc3)c3ccc(-c4cccc5c4ccc4c6ccccc6oc54)cc3)cc21. The molecule has 10 rings (SSSR count). The molecule has 53 heavy (non-hydrogen) atoms. The molecule has 1 aromatic heterocycles. The minimum absolute atomic E-state index is 0.00570. The van der Waals surface area contributed by atoms with Crippen LogP contribution in [0.15, 0.2) is 180 Å². The van der Waals surface area contributed by atoms with Gasteiger partial charge in [0.05, 0.1) is 0 Å². The number of nitrogens with zero attached hydrogens (tertiary/aromatic N) is 1. The fourth-order valence-corrected chi connectivity index (χ4v) is 9.06. The van der Waals surface area contributed by atoms with Gasteiger partial charge in [-0.25, -0.2) is 0 Å². The molecule has 2 heteroatoms. The van der Waals surface area contributed by atoms with Crippen molar-refractivity contribution in [2.75, 3.05) is 4.90 Å². The van der Waals surface area contributed by atoms with Crippen molar-refractivity contribution in [1.29, 1.82) is 0 Å². The minimum atomic E-state index is -0.00570. The van der Waals surface area contributed by atoms with E-state index in [4.69, 9.17) is 4.42 Å². The lowest BCUT2D eigenvalue weighted by Crippen LogP contribution is -2.23. The minimum Gasteiger partial charge on any atom is -0.455 e. The highest BCUT2D eigenvalue weighted by molar-refractivity contribution is 6.17. The van der Waals surface area contributed by atoms with Crippen LogP contribution in [0, 0.1) is 0 Å². The van der Waals surface area contributed by atoms with E-state index in [0.717, 1.165) is 51.5 Å². The zero-order chi connectivity index (χ0) is 35.5. The maximum absolute atomic E-state index is 6.42. The van der Waals surface area contributed by atoms with Gasteiger partial charge in [-0.15, -0.1) is 0 Å². The highest BCUT2D eigenvalue weighted by Gasteiger charge is 2.40. The van der Waals surface area contributed by atoms with Crippen molar-refractivity contribution in [3.63, 3.8) is 0 Å². The van der Waals surface area contributed by atoms with Crippen molar-refractivity contribution in [1.82, 2.24) is 0 Å². The highest BCUT2D eigenvalue weighted by atomic mass is 16.3. The van der Waals surface area contributed by atoms with E-state index < -0.39 is 0 Å². The maximum Gasteiger partial charge on any atom is 0.143 e. The summed E-state index contributed by atoms with van der Waals surface area (Å²) in [6.07, 6.45) is 2.12. The first kappa shape index (κ1) is 31.4. The predicted molar refractivity (Wildman–Crippen MR) is 224 cm³/mol. The number of hydrogen-bond donors (Lipinski definition) is 0. The van der Waals surface area contributed by atoms with Gasteiger partial charge in [-0.2, -0.15) is 0 Å². The maximum atomic E-state index is 6.42. The summed E-state index contributed by atoms with van der Waals surface area (Å²) >= 11 is 0. The topological polar surface area (TPSA) is 16.4 Å². The van der Waals surface area contributed by atoms with Crippen LogP contribution in [0.4, 0.5) is 17.1 Å². The van der Waals surface area contributed by atoms with Crippen LogP contribution in [0.1, 0.15) is 37.8 Å². The third-order valence-electron chi connectivity index (χ3n) is 11.8. The molecular weight excluding hydrogens is 643 g/mol. The lowest BCUT2D eigenvalue weighted by molar-refractivity contribution is 0.490. The first-order chi connectivity index (χ1) is 26.2. The van der Waals surface area contributed by atoms with Gasteiger partial charge in [0.1, 0.15) is 11.2 Å². The smallest absolute Gasteiger partial charge is 0.143 e. The molecule has 0 amide bonds. The van der Waals surface area contributed by atoms with Gasteiger partial charge in [0.2, 0.25) is 0 Å². The van der Waals surface area contributed by atoms with E-state index in [2.05, 4.69) is 189 Å². The Labute approximate surface area is 310 Å². The van der Waals surface area contributed by atoms with Gasteiger partial charge in [0.15, 0.2) is 0 Å². The Bertz CT molecular complexity index is 2790. The Morgan fingerprint density at radius 1 is 0.415 bits per heavy atom. The number of furan rings is 1. The molecule has 0 radical (unpaired) electrons. The van der Waals surface area contributed by atoms with Crippen LogP contribution in [0.2, 0.25) is 0 Å². The second kappa shape index (κ2) is 12.4.